The molecule has 0 saturated carbocycles. The van der Waals surface area contributed by atoms with Crippen molar-refractivity contribution in [2.24, 2.45) is 0 Å². The van der Waals surface area contributed by atoms with Gasteiger partial charge in [0.05, 0.1) is 6.61 Å². The molecule has 0 amide bonds. The molecule has 2 nitrogen and oxygen atoms in total. The van der Waals surface area contributed by atoms with Crippen LogP contribution in [0.3, 0.4) is 0 Å². The lowest BCUT2D eigenvalue weighted by atomic mass is 10.1. The second kappa shape index (κ2) is 5.68. The summed E-state index contributed by atoms with van der Waals surface area (Å²) in [7, 11) is -1.74. The van der Waals surface area contributed by atoms with Crippen LogP contribution < -0.4 is 0 Å². The van der Waals surface area contributed by atoms with E-state index in [4.69, 9.17) is 4.43 Å². The Hall–Kier alpha value is -0.453. The highest BCUT2D eigenvalue weighted by Gasteiger charge is 2.36. The van der Waals surface area contributed by atoms with Gasteiger partial charge in [-0.2, -0.15) is 0 Å². The molecule has 0 aliphatic rings. The first-order valence-corrected chi connectivity index (χ1v) is 9.74. The fourth-order valence-electron chi connectivity index (χ4n) is 1.31. The smallest absolute Gasteiger partial charge is 0.192 e. The minimum absolute atomic E-state index is 0.201. The number of carbonyl (C=O) groups excluding carboxylic acids is 1. The molecule has 1 aromatic carbocycles. The minimum atomic E-state index is -1.74. The maximum absolute atomic E-state index is 10.8. The molecule has 0 aromatic heterocycles. The van der Waals surface area contributed by atoms with Crippen LogP contribution in [0.1, 0.15) is 36.7 Å². The highest BCUT2D eigenvalue weighted by molar-refractivity contribution is 9.10. The van der Waals surface area contributed by atoms with E-state index in [1.165, 1.54) is 0 Å². The maximum atomic E-state index is 10.8. The Morgan fingerprint density at radius 3 is 2.39 bits per heavy atom. The Kier molecular flexibility index (Phi) is 4.92. The molecule has 0 aliphatic heterocycles. The fourth-order valence-corrected chi connectivity index (χ4v) is 2.83. The summed E-state index contributed by atoms with van der Waals surface area (Å²) in [4.78, 5) is 10.8. The van der Waals surface area contributed by atoms with Gasteiger partial charge in [-0.1, -0.05) is 36.7 Å². The molecule has 0 fully saturated rings. The zero-order valence-corrected chi connectivity index (χ0v) is 14.3. The van der Waals surface area contributed by atoms with Crippen LogP contribution in [0.2, 0.25) is 18.1 Å². The standard InChI is InChI=1S/C14H21BrO2Si/c1-14(2,3)18(4,5)17-10-12-6-11(9-16)7-13(15)8-12/h6-9H,10H2,1-5H3. The summed E-state index contributed by atoms with van der Waals surface area (Å²) in [6.45, 7) is 11.7. The number of rotatable bonds is 4. The molecular formula is C14H21BrO2Si. The summed E-state index contributed by atoms with van der Waals surface area (Å²) in [5.41, 5.74) is 1.72. The van der Waals surface area contributed by atoms with E-state index in [-0.39, 0.29) is 5.04 Å². The van der Waals surface area contributed by atoms with Gasteiger partial charge in [-0.05, 0) is 41.9 Å². The summed E-state index contributed by atoms with van der Waals surface area (Å²) in [6, 6.07) is 5.69. The Morgan fingerprint density at radius 1 is 1.28 bits per heavy atom. The zero-order chi connectivity index (χ0) is 14.0. The minimum Gasteiger partial charge on any atom is -0.413 e. The second-order valence-electron chi connectivity index (χ2n) is 6.06. The van der Waals surface area contributed by atoms with Gasteiger partial charge in [-0.25, -0.2) is 0 Å². The first-order valence-electron chi connectivity index (χ1n) is 6.04. The molecule has 0 atom stereocenters. The molecule has 1 aromatic rings. The van der Waals surface area contributed by atoms with Crippen LogP contribution in [0.4, 0.5) is 0 Å². The number of carbonyl (C=O) groups is 1. The lowest BCUT2D eigenvalue weighted by Crippen LogP contribution is -2.40. The van der Waals surface area contributed by atoms with Crippen molar-refractivity contribution in [2.75, 3.05) is 0 Å². The van der Waals surface area contributed by atoms with E-state index in [1.54, 1.807) is 0 Å². The van der Waals surface area contributed by atoms with Gasteiger partial charge in [0.1, 0.15) is 6.29 Å². The zero-order valence-electron chi connectivity index (χ0n) is 11.7. The molecule has 18 heavy (non-hydrogen) atoms. The van der Waals surface area contributed by atoms with E-state index < -0.39 is 8.32 Å². The Balaban J connectivity index is 2.81. The van der Waals surface area contributed by atoms with Gasteiger partial charge in [0.25, 0.3) is 0 Å². The van der Waals surface area contributed by atoms with Crippen molar-refractivity contribution in [2.45, 2.75) is 45.5 Å². The third-order valence-corrected chi connectivity index (χ3v) is 8.46. The molecule has 0 aliphatic carbocycles. The fraction of sp³-hybridized carbons (Fsp3) is 0.500. The van der Waals surface area contributed by atoms with E-state index in [9.17, 15) is 4.79 Å². The van der Waals surface area contributed by atoms with E-state index in [1.807, 2.05) is 18.2 Å². The van der Waals surface area contributed by atoms with Crippen molar-refractivity contribution < 1.29 is 9.22 Å². The normalized spacial score (nSPS) is 12.6. The van der Waals surface area contributed by atoms with Crippen LogP contribution in [0.25, 0.3) is 0 Å². The second-order valence-corrected chi connectivity index (χ2v) is 11.8. The average molecular weight is 329 g/mol. The summed E-state index contributed by atoms with van der Waals surface area (Å²) < 4.78 is 7.05. The molecule has 0 unspecified atom stereocenters. The monoisotopic (exact) mass is 328 g/mol. The van der Waals surface area contributed by atoms with Gasteiger partial charge in [0, 0.05) is 10.0 Å². The van der Waals surface area contributed by atoms with E-state index in [0.717, 1.165) is 16.3 Å². The number of halogens is 1. The van der Waals surface area contributed by atoms with Gasteiger partial charge in [-0.3, -0.25) is 4.79 Å². The van der Waals surface area contributed by atoms with Crippen molar-refractivity contribution >= 4 is 30.5 Å². The number of hydrogen-bond acceptors (Lipinski definition) is 2. The van der Waals surface area contributed by atoms with Gasteiger partial charge in [0.2, 0.25) is 0 Å². The number of hydrogen-bond donors (Lipinski definition) is 0. The third kappa shape index (κ3) is 4.04. The van der Waals surface area contributed by atoms with Gasteiger partial charge in [0.15, 0.2) is 8.32 Å². The SMILES string of the molecule is CC(C)(C)[Si](C)(C)OCc1cc(Br)cc(C=O)c1. The van der Waals surface area contributed by atoms with Crippen molar-refractivity contribution in [3.63, 3.8) is 0 Å². The lowest BCUT2D eigenvalue weighted by Gasteiger charge is -2.36. The maximum Gasteiger partial charge on any atom is 0.192 e. The van der Waals surface area contributed by atoms with E-state index >= 15 is 0 Å². The van der Waals surface area contributed by atoms with Crippen LogP contribution in [-0.2, 0) is 11.0 Å². The first-order chi connectivity index (χ1) is 8.15. The molecule has 0 spiro atoms. The molecular weight excluding hydrogens is 308 g/mol. The van der Waals surface area contributed by atoms with E-state index in [2.05, 4.69) is 49.8 Å². The third-order valence-electron chi connectivity index (χ3n) is 3.52. The molecule has 4 heteroatoms. The number of aldehydes is 1. The predicted molar refractivity (Wildman–Crippen MR) is 81.5 cm³/mol. The van der Waals surface area contributed by atoms with E-state index in [0.29, 0.717) is 12.2 Å². The van der Waals surface area contributed by atoms with Crippen molar-refractivity contribution in [3.8, 4) is 0 Å². The van der Waals surface area contributed by atoms with Gasteiger partial charge < -0.3 is 4.43 Å². The topological polar surface area (TPSA) is 26.3 Å². The first kappa shape index (κ1) is 15.6. The van der Waals surface area contributed by atoms with Crippen LogP contribution in [0.5, 0.6) is 0 Å². The highest BCUT2D eigenvalue weighted by atomic mass is 79.9. The summed E-state index contributed by atoms with van der Waals surface area (Å²) in [5.74, 6) is 0. The summed E-state index contributed by atoms with van der Waals surface area (Å²) in [6.07, 6.45) is 0.862. The van der Waals surface area contributed by atoms with Crippen molar-refractivity contribution in [3.05, 3.63) is 33.8 Å². The van der Waals surface area contributed by atoms with Crippen LogP contribution in [0, 0.1) is 0 Å². The van der Waals surface area contributed by atoms with Crippen molar-refractivity contribution in [1.29, 1.82) is 0 Å². The summed E-state index contributed by atoms with van der Waals surface area (Å²) in [5, 5.41) is 0.201. The number of benzene rings is 1. The Labute approximate surface area is 119 Å². The largest absolute Gasteiger partial charge is 0.413 e. The molecule has 0 bridgehead atoms. The quantitative estimate of drug-likeness (QED) is 0.587. The molecule has 0 saturated heterocycles. The Bertz CT molecular complexity index is 436. The lowest BCUT2D eigenvalue weighted by molar-refractivity contribution is 0.112. The predicted octanol–water partition coefficient (Wildman–Crippen LogP) is 4.78. The molecule has 0 radical (unpaired) electrons. The summed E-state index contributed by atoms with van der Waals surface area (Å²) >= 11 is 3.41. The van der Waals surface area contributed by atoms with Crippen LogP contribution in [-0.4, -0.2) is 14.6 Å². The molecule has 100 valence electrons. The molecule has 0 N–H and O–H groups in total. The van der Waals surface area contributed by atoms with Crippen LogP contribution >= 0.6 is 15.9 Å². The van der Waals surface area contributed by atoms with Crippen molar-refractivity contribution in [1.82, 2.24) is 0 Å². The van der Waals surface area contributed by atoms with Gasteiger partial charge in [-0.15, -0.1) is 0 Å². The van der Waals surface area contributed by atoms with Crippen LogP contribution in [0.15, 0.2) is 22.7 Å². The van der Waals surface area contributed by atoms with Gasteiger partial charge >= 0.3 is 0 Å². The molecule has 1 rings (SSSR count). The Morgan fingerprint density at radius 2 is 1.89 bits per heavy atom. The molecule has 0 heterocycles. The average Bonchev–Trinajstić information content (AvgIpc) is 2.24. The highest BCUT2D eigenvalue weighted by Crippen LogP contribution is 2.37.